The molecule has 4 nitrogen and oxygen atoms in total. The molecule has 3 heterocycles. The summed E-state index contributed by atoms with van der Waals surface area (Å²) in [5, 5.41) is 7.86. The molecular formula is C13H11FN4S. The Hall–Kier alpha value is -1.79. The Bertz CT molecular complexity index is 761. The number of hydrogen-bond donors (Lipinski definition) is 1. The zero-order valence-corrected chi connectivity index (χ0v) is 10.9. The van der Waals surface area contributed by atoms with E-state index in [4.69, 9.17) is 0 Å². The Morgan fingerprint density at radius 2 is 2.32 bits per heavy atom. The number of rotatable bonds is 1. The molecule has 0 radical (unpaired) electrons. The van der Waals surface area contributed by atoms with E-state index >= 15 is 0 Å². The molecule has 0 atom stereocenters. The van der Waals surface area contributed by atoms with Gasteiger partial charge in [-0.3, -0.25) is 0 Å². The fraction of sp³-hybridized carbons (Fsp3) is 0.231. The molecule has 1 aliphatic rings. The number of aromatic nitrogens is 3. The van der Waals surface area contributed by atoms with Crippen LogP contribution in [0.15, 0.2) is 24.3 Å². The van der Waals surface area contributed by atoms with Gasteiger partial charge in [0.1, 0.15) is 5.82 Å². The average Bonchev–Trinajstić information content (AvgIpc) is 2.96. The molecule has 1 aromatic carbocycles. The Labute approximate surface area is 112 Å². The van der Waals surface area contributed by atoms with Crippen molar-refractivity contribution in [3.63, 3.8) is 0 Å². The van der Waals surface area contributed by atoms with Gasteiger partial charge in [-0.2, -0.15) is 4.98 Å². The van der Waals surface area contributed by atoms with Gasteiger partial charge in [0.25, 0.3) is 0 Å². The maximum Gasteiger partial charge on any atom is 0.213 e. The molecule has 0 fully saturated rings. The predicted octanol–water partition coefficient (Wildman–Crippen LogP) is 2.24. The number of benzene rings is 1. The number of nitrogens with zero attached hydrogens (tertiary/aromatic N) is 3. The first-order valence-corrected chi connectivity index (χ1v) is 6.97. The first-order valence-electron chi connectivity index (χ1n) is 6.15. The van der Waals surface area contributed by atoms with E-state index in [1.807, 2.05) is 10.6 Å². The van der Waals surface area contributed by atoms with Crippen molar-refractivity contribution in [3.05, 3.63) is 40.7 Å². The highest BCUT2D eigenvalue weighted by Gasteiger charge is 2.19. The van der Waals surface area contributed by atoms with Crippen molar-refractivity contribution in [1.29, 1.82) is 0 Å². The van der Waals surface area contributed by atoms with Crippen LogP contribution in [0.3, 0.4) is 0 Å². The molecule has 1 N–H and O–H groups in total. The summed E-state index contributed by atoms with van der Waals surface area (Å²) in [5.41, 5.74) is 1.95. The second-order valence-corrected chi connectivity index (χ2v) is 5.60. The molecular weight excluding hydrogens is 263 g/mol. The van der Waals surface area contributed by atoms with E-state index in [0.717, 1.165) is 30.0 Å². The quantitative estimate of drug-likeness (QED) is 0.740. The van der Waals surface area contributed by atoms with Gasteiger partial charge in [0, 0.05) is 30.0 Å². The first kappa shape index (κ1) is 11.1. The third-order valence-corrected chi connectivity index (χ3v) is 4.35. The minimum atomic E-state index is -0.262. The van der Waals surface area contributed by atoms with Crippen molar-refractivity contribution in [2.75, 3.05) is 6.54 Å². The van der Waals surface area contributed by atoms with Crippen molar-refractivity contribution in [2.24, 2.45) is 0 Å². The van der Waals surface area contributed by atoms with E-state index in [-0.39, 0.29) is 5.82 Å². The smallest absolute Gasteiger partial charge is 0.213 e. The van der Waals surface area contributed by atoms with Gasteiger partial charge in [-0.15, -0.1) is 5.10 Å². The minimum Gasteiger partial charge on any atom is -0.311 e. The summed E-state index contributed by atoms with van der Waals surface area (Å²) < 4.78 is 15.1. The maximum absolute atomic E-state index is 13.2. The third kappa shape index (κ3) is 1.75. The molecule has 0 amide bonds. The van der Waals surface area contributed by atoms with E-state index < -0.39 is 0 Å². The zero-order chi connectivity index (χ0) is 12.8. The van der Waals surface area contributed by atoms with Gasteiger partial charge in [0.2, 0.25) is 4.96 Å². The lowest BCUT2D eigenvalue weighted by Crippen LogP contribution is -2.23. The fourth-order valence-electron chi connectivity index (χ4n) is 2.37. The fourth-order valence-corrected chi connectivity index (χ4v) is 3.44. The molecule has 0 spiro atoms. The number of thiazole rings is 1. The van der Waals surface area contributed by atoms with Crippen LogP contribution in [0.2, 0.25) is 0 Å². The second kappa shape index (κ2) is 4.11. The van der Waals surface area contributed by atoms with E-state index in [1.54, 1.807) is 17.4 Å². The van der Waals surface area contributed by atoms with Gasteiger partial charge < -0.3 is 5.32 Å². The van der Waals surface area contributed by atoms with Crippen molar-refractivity contribution in [2.45, 2.75) is 13.0 Å². The number of hydrogen-bond acceptors (Lipinski definition) is 4. The first-order chi connectivity index (χ1) is 9.31. The van der Waals surface area contributed by atoms with Crippen LogP contribution in [0.1, 0.15) is 10.6 Å². The lowest BCUT2D eigenvalue weighted by atomic mass is 10.2. The van der Waals surface area contributed by atoms with Gasteiger partial charge in [0.15, 0.2) is 5.82 Å². The topological polar surface area (TPSA) is 42.2 Å². The summed E-state index contributed by atoms with van der Waals surface area (Å²) in [7, 11) is 0. The Kier molecular flexibility index (Phi) is 2.39. The van der Waals surface area contributed by atoms with Crippen LogP contribution in [0.5, 0.6) is 0 Å². The van der Waals surface area contributed by atoms with Crippen LogP contribution in [0, 0.1) is 5.82 Å². The summed E-state index contributed by atoms with van der Waals surface area (Å²) in [4.78, 5) is 6.69. The Balaban J connectivity index is 1.86. The molecule has 0 saturated heterocycles. The van der Waals surface area contributed by atoms with Crippen LogP contribution >= 0.6 is 11.3 Å². The minimum absolute atomic E-state index is 0.262. The lowest BCUT2D eigenvalue weighted by molar-refractivity contribution is 0.627. The molecule has 0 saturated carbocycles. The predicted molar refractivity (Wildman–Crippen MR) is 71.7 cm³/mol. The van der Waals surface area contributed by atoms with E-state index in [2.05, 4.69) is 15.4 Å². The summed E-state index contributed by atoms with van der Waals surface area (Å²) >= 11 is 1.65. The van der Waals surface area contributed by atoms with Crippen LogP contribution in [-0.4, -0.2) is 21.1 Å². The number of halogens is 1. The average molecular weight is 274 g/mol. The third-order valence-electron chi connectivity index (χ3n) is 3.28. The molecule has 3 aromatic rings. The molecule has 0 aliphatic carbocycles. The Morgan fingerprint density at radius 1 is 1.37 bits per heavy atom. The lowest BCUT2D eigenvalue weighted by Gasteiger charge is -2.11. The van der Waals surface area contributed by atoms with E-state index in [1.165, 1.54) is 22.7 Å². The van der Waals surface area contributed by atoms with Gasteiger partial charge in [0.05, 0.1) is 5.69 Å². The van der Waals surface area contributed by atoms with Crippen molar-refractivity contribution in [1.82, 2.24) is 19.9 Å². The van der Waals surface area contributed by atoms with Gasteiger partial charge in [-0.05, 0) is 12.1 Å². The largest absolute Gasteiger partial charge is 0.311 e. The zero-order valence-electron chi connectivity index (χ0n) is 10.1. The van der Waals surface area contributed by atoms with Crippen LogP contribution in [0.4, 0.5) is 4.39 Å². The summed E-state index contributed by atoms with van der Waals surface area (Å²) in [6.45, 7) is 1.86. The molecule has 6 heteroatoms. The van der Waals surface area contributed by atoms with Crippen molar-refractivity contribution >= 4 is 16.3 Å². The van der Waals surface area contributed by atoms with Crippen molar-refractivity contribution < 1.29 is 4.39 Å². The molecule has 2 aromatic heterocycles. The molecule has 0 bridgehead atoms. The molecule has 4 rings (SSSR count). The standard InChI is InChI=1S/C13H11FN4S/c14-9-3-1-2-8(6-9)12-16-13-18(17-12)10-4-5-15-7-11(10)19-13/h1-3,6,15H,4-5,7H2. The van der Waals surface area contributed by atoms with E-state index in [0.29, 0.717) is 5.82 Å². The number of nitrogens with one attached hydrogen (secondary N) is 1. The molecule has 96 valence electrons. The summed E-state index contributed by atoms with van der Waals surface area (Å²) in [6, 6.07) is 6.40. The summed E-state index contributed by atoms with van der Waals surface area (Å²) in [5.74, 6) is 0.328. The molecule has 0 unspecified atom stereocenters. The highest BCUT2D eigenvalue weighted by molar-refractivity contribution is 7.17. The second-order valence-electron chi connectivity index (χ2n) is 4.54. The van der Waals surface area contributed by atoms with Gasteiger partial charge >= 0.3 is 0 Å². The summed E-state index contributed by atoms with van der Waals surface area (Å²) in [6.07, 6.45) is 0.960. The van der Waals surface area contributed by atoms with Gasteiger partial charge in [-0.25, -0.2) is 8.91 Å². The highest BCUT2D eigenvalue weighted by atomic mass is 32.1. The normalized spacial score (nSPS) is 14.8. The molecule has 19 heavy (non-hydrogen) atoms. The maximum atomic E-state index is 13.2. The monoisotopic (exact) mass is 274 g/mol. The highest BCUT2D eigenvalue weighted by Crippen LogP contribution is 2.27. The van der Waals surface area contributed by atoms with Crippen LogP contribution in [-0.2, 0) is 13.0 Å². The Morgan fingerprint density at radius 3 is 3.21 bits per heavy atom. The SMILES string of the molecule is Fc1cccc(-c2nc3sc4c(n3n2)CCNC4)c1. The number of fused-ring (bicyclic) bond motifs is 3. The van der Waals surface area contributed by atoms with Gasteiger partial charge in [-0.1, -0.05) is 23.5 Å². The van der Waals surface area contributed by atoms with Crippen molar-refractivity contribution in [3.8, 4) is 11.4 Å². The van der Waals surface area contributed by atoms with Crippen LogP contribution < -0.4 is 5.32 Å². The molecule has 1 aliphatic heterocycles. The van der Waals surface area contributed by atoms with E-state index in [9.17, 15) is 4.39 Å². The van der Waals surface area contributed by atoms with Crippen LogP contribution in [0.25, 0.3) is 16.3 Å².